The normalized spacial score (nSPS) is 12.6. The summed E-state index contributed by atoms with van der Waals surface area (Å²) in [5.41, 5.74) is 0. The second-order valence-corrected chi connectivity index (χ2v) is 7.59. The quantitative estimate of drug-likeness (QED) is 0.564. The van der Waals surface area contributed by atoms with Crippen molar-refractivity contribution >= 4 is 19.9 Å². The third-order valence-corrected chi connectivity index (χ3v) is 4.83. The first-order valence-corrected chi connectivity index (χ1v) is 8.66. The summed E-state index contributed by atoms with van der Waals surface area (Å²) in [5.74, 6) is -1.04. The molecule has 6 nitrogen and oxygen atoms in total. The summed E-state index contributed by atoms with van der Waals surface area (Å²) in [6, 6.07) is 2.56. The van der Waals surface area contributed by atoms with Crippen LogP contribution in [-0.4, -0.2) is 41.3 Å². The van der Waals surface area contributed by atoms with E-state index in [4.69, 9.17) is 5.11 Å². The maximum absolute atomic E-state index is 13.5. The Hall–Kier alpha value is -1.03. The molecule has 0 bridgehead atoms. The molecule has 108 valence electrons. The predicted octanol–water partition coefficient (Wildman–Crippen LogP) is -0.110. The fourth-order valence-corrected chi connectivity index (χ4v) is 3.18. The molecule has 1 aromatic rings. The average molecular weight is 311 g/mol. The SMILES string of the molecule is CS(=O)(=O)c1ccc(F)c(S(=O)(=O)NCCCO)c1. The Balaban J connectivity index is 3.19. The van der Waals surface area contributed by atoms with Gasteiger partial charge in [0.05, 0.1) is 4.90 Å². The topological polar surface area (TPSA) is 101 Å². The van der Waals surface area contributed by atoms with Gasteiger partial charge in [-0.25, -0.2) is 25.9 Å². The van der Waals surface area contributed by atoms with E-state index in [1.165, 1.54) is 0 Å². The summed E-state index contributed by atoms with van der Waals surface area (Å²) < 4.78 is 61.8. The minimum absolute atomic E-state index is 0.0681. The lowest BCUT2D eigenvalue weighted by Crippen LogP contribution is -2.26. The summed E-state index contributed by atoms with van der Waals surface area (Å²) in [7, 11) is -7.77. The largest absolute Gasteiger partial charge is 0.396 e. The standard InChI is InChI=1S/C10H14FNO5S2/c1-18(14,15)8-3-4-9(11)10(7-8)19(16,17)12-5-2-6-13/h3-4,7,12-13H,2,5-6H2,1H3. The maximum atomic E-state index is 13.5. The molecule has 1 rings (SSSR count). The lowest BCUT2D eigenvalue weighted by atomic mass is 10.3. The van der Waals surface area contributed by atoms with Gasteiger partial charge >= 0.3 is 0 Å². The van der Waals surface area contributed by atoms with Crippen LogP contribution >= 0.6 is 0 Å². The number of aliphatic hydroxyl groups is 1. The van der Waals surface area contributed by atoms with Crippen LogP contribution in [0, 0.1) is 5.82 Å². The van der Waals surface area contributed by atoms with E-state index >= 15 is 0 Å². The van der Waals surface area contributed by atoms with Gasteiger partial charge in [-0.2, -0.15) is 0 Å². The molecular weight excluding hydrogens is 297 g/mol. The maximum Gasteiger partial charge on any atom is 0.243 e. The highest BCUT2D eigenvalue weighted by Crippen LogP contribution is 2.19. The van der Waals surface area contributed by atoms with Crippen LogP contribution in [-0.2, 0) is 19.9 Å². The lowest BCUT2D eigenvalue weighted by Gasteiger charge is -2.08. The van der Waals surface area contributed by atoms with Gasteiger partial charge in [0.2, 0.25) is 10.0 Å². The molecular formula is C10H14FNO5S2. The molecule has 0 heterocycles. The van der Waals surface area contributed by atoms with Gasteiger partial charge in [-0.3, -0.25) is 0 Å². The van der Waals surface area contributed by atoms with E-state index in [1.807, 2.05) is 0 Å². The van der Waals surface area contributed by atoms with E-state index in [9.17, 15) is 21.2 Å². The predicted molar refractivity (Wildman–Crippen MR) is 66.4 cm³/mol. The van der Waals surface area contributed by atoms with Crippen molar-refractivity contribution in [3.05, 3.63) is 24.0 Å². The number of rotatable bonds is 6. The van der Waals surface area contributed by atoms with Crippen LogP contribution < -0.4 is 4.72 Å². The van der Waals surface area contributed by atoms with Gasteiger partial charge in [0.15, 0.2) is 9.84 Å². The van der Waals surface area contributed by atoms with E-state index < -0.39 is 30.6 Å². The molecule has 0 aliphatic rings. The van der Waals surface area contributed by atoms with E-state index in [0.717, 1.165) is 24.5 Å². The second kappa shape index (κ2) is 5.95. The number of sulfonamides is 1. The van der Waals surface area contributed by atoms with Crippen molar-refractivity contribution in [1.82, 2.24) is 4.72 Å². The number of hydrogen-bond donors (Lipinski definition) is 2. The molecule has 0 aromatic heterocycles. The van der Waals surface area contributed by atoms with Gasteiger partial charge in [0, 0.05) is 19.4 Å². The van der Waals surface area contributed by atoms with Crippen molar-refractivity contribution in [2.75, 3.05) is 19.4 Å². The Labute approximate surface area is 111 Å². The minimum atomic E-state index is -4.15. The van der Waals surface area contributed by atoms with Crippen LogP contribution in [0.25, 0.3) is 0 Å². The molecule has 0 fully saturated rings. The Bertz CT molecular complexity index is 654. The van der Waals surface area contributed by atoms with Crippen LogP contribution in [0.2, 0.25) is 0 Å². The van der Waals surface area contributed by atoms with Gasteiger partial charge in [0.1, 0.15) is 10.7 Å². The highest BCUT2D eigenvalue weighted by atomic mass is 32.2. The van der Waals surface area contributed by atoms with E-state index in [0.29, 0.717) is 0 Å². The number of sulfone groups is 1. The first kappa shape index (κ1) is 16.0. The molecule has 0 amide bonds. The first-order valence-electron chi connectivity index (χ1n) is 5.28. The molecule has 0 spiro atoms. The summed E-state index contributed by atoms with van der Waals surface area (Å²) in [6.45, 7) is -0.282. The molecule has 0 saturated carbocycles. The number of halogens is 1. The second-order valence-electron chi connectivity index (χ2n) is 3.84. The zero-order chi connectivity index (χ0) is 14.7. The third-order valence-electron chi connectivity index (χ3n) is 2.25. The van der Waals surface area contributed by atoms with Gasteiger partial charge in [-0.05, 0) is 24.6 Å². The molecule has 0 unspecified atom stereocenters. The van der Waals surface area contributed by atoms with Crippen molar-refractivity contribution in [3.8, 4) is 0 Å². The number of aliphatic hydroxyl groups excluding tert-OH is 1. The minimum Gasteiger partial charge on any atom is -0.396 e. The zero-order valence-electron chi connectivity index (χ0n) is 10.1. The molecule has 1 aromatic carbocycles. The van der Waals surface area contributed by atoms with E-state index in [2.05, 4.69) is 4.72 Å². The molecule has 0 aliphatic heterocycles. The van der Waals surface area contributed by atoms with E-state index in [1.54, 1.807) is 0 Å². The summed E-state index contributed by atoms with van der Waals surface area (Å²) in [6.07, 6.45) is 1.07. The van der Waals surface area contributed by atoms with E-state index in [-0.39, 0.29) is 24.5 Å². The highest BCUT2D eigenvalue weighted by Gasteiger charge is 2.21. The molecule has 0 saturated heterocycles. The Kier molecular flexibility index (Phi) is 5.02. The summed E-state index contributed by atoms with van der Waals surface area (Å²) in [4.78, 5) is -1.01. The van der Waals surface area contributed by atoms with Crippen LogP contribution in [0.5, 0.6) is 0 Å². The van der Waals surface area contributed by atoms with Crippen molar-refractivity contribution in [2.24, 2.45) is 0 Å². The molecule has 9 heteroatoms. The lowest BCUT2D eigenvalue weighted by molar-refractivity contribution is 0.289. The number of nitrogens with one attached hydrogen (secondary N) is 1. The number of hydrogen-bond acceptors (Lipinski definition) is 5. The smallest absolute Gasteiger partial charge is 0.243 e. The Morgan fingerprint density at radius 1 is 1.26 bits per heavy atom. The van der Waals surface area contributed by atoms with Crippen LogP contribution in [0.15, 0.2) is 28.0 Å². The third kappa shape index (κ3) is 4.23. The van der Waals surface area contributed by atoms with Crippen molar-refractivity contribution < 1.29 is 26.3 Å². The van der Waals surface area contributed by atoms with Crippen molar-refractivity contribution in [3.63, 3.8) is 0 Å². The Morgan fingerprint density at radius 3 is 2.42 bits per heavy atom. The molecule has 0 radical (unpaired) electrons. The number of benzene rings is 1. The van der Waals surface area contributed by atoms with Crippen molar-refractivity contribution in [1.29, 1.82) is 0 Å². The monoisotopic (exact) mass is 311 g/mol. The highest BCUT2D eigenvalue weighted by molar-refractivity contribution is 7.91. The van der Waals surface area contributed by atoms with Crippen LogP contribution in [0.3, 0.4) is 0 Å². The molecule has 0 atom stereocenters. The summed E-state index contributed by atoms with van der Waals surface area (Å²) in [5, 5.41) is 8.55. The van der Waals surface area contributed by atoms with Gasteiger partial charge in [0.25, 0.3) is 0 Å². The first-order chi connectivity index (χ1) is 8.68. The summed E-state index contributed by atoms with van der Waals surface area (Å²) >= 11 is 0. The Morgan fingerprint density at radius 2 is 1.89 bits per heavy atom. The fourth-order valence-electron chi connectivity index (χ4n) is 1.28. The van der Waals surface area contributed by atoms with Crippen LogP contribution in [0.1, 0.15) is 6.42 Å². The molecule has 19 heavy (non-hydrogen) atoms. The van der Waals surface area contributed by atoms with Gasteiger partial charge in [-0.1, -0.05) is 0 Å². The zero-order valence-corrected chi connectivity index (χ0v) is 11.8. The van der Waals surface area contributed by atoms with Crippen LogP contribution in [0.4, 0.5) is 4.39 Å². The average Bonchev–Trinajstić information content (AvgIpc) is 2.27. The van der Waals surface area contributed by atoms with Crippen molar-refractivity contribution in [2.45, 2.75) is 16.2 Å². The molecule has 0 aliphatic carbocycles. The fraction of sp³-hybridized carbons (Fsp3) is 0.400. The molecule has 2 N–H and O–H groups in total. The van der Waals surface area contributed by atoms with Gasteiger partial charge < -0.3 is 5.11 Å². The van der Waals surface area contributed by atoms with Gasteiger partial charge in [-0.15, -0.1) is 0 Å².